The van der Waals surface area contributed by atoms with Crippen LogP contribution in [0.5, 0.6) is 0 Å². The standard InChI is InChI=1S/C18H15NO2/c1-11(2)8-12-9-15-16(19-10-12)18(21)14-7-5-3-4-6-13(14)17(15)20/h4-10H,3H2,1-2H3. The molecule has 0 saturated carbocycles. The van der Waals surface area contributed by atoms with Gasteiger partial charge in [-0.15, -0.1) is 0 Å². The summed E-state index contributed by atoms with van der Waals surface area (Å²) in [6.45, 7) is 3.96. The van der Waals surface area contributed by atoms with Gasteiger partial charge in [0.2, 0.25) is 5.78 Å². The molecule has 0 N–H and O–H groups in total. The van der Waals surface area contributed by atoms with Crippen LogP contribution in [-0.2, 0) is 0 Å². The fourth-order valence-electron chi connectivity index (χ4n) is 2.55. The Labute approximate surface area is 123 Å². The Kier molecular flexibility index (Phi) is 3.26. The molecule has 2 aliphatic carbocycles. The highest BCUT2D eigenvalue weighted by molar-refractivity contribution is 6.28. The summed E-state index contributed by atoms with van der Waals surface area (Å²) in [5, 5.41) is 0. The van der Waals surface area contributed by atoms with Crippen molar-refractivity contribution in [3.05, 3.63) is 70.1 Å². The number of hydrogen-bond donors (Lipinski definition) is 0. The molecular weight excluding hydrogens is 262 g/mol. The molecule has 2 aliphatic rings. The lowest BCUT2D eigenvalue weighted by atomic mass is 9.86. The second-order valence-corrected chi connectivity index (χ2v) is 5.41. The lowest BCUT2D eigenvalue weighted by molar-refractivity contribution is 0.0977. The molecule has 0 unspecified atom stereocenters. The molecule has 1 heterocycles. The summed E-state index contributed by atoms with van der Waals surface area (Å²) < 4.78 is 0. The maximum absolute atomic E-state index is 12.6. The van der Waals surface area contributed by atoms with E-state index in [1.165, 1.54) is 0 Å². The number of rotatable bonds is 1. The number of carbonyl (C=O) groups is 2. The smallest absolute Gasteiger partial charge is 0.212 e. The Bertz CT molecular complexity index is 772. The van der Waals surface area contributed by atoms with Crippen LogP contribution in [0.4, 0.5) is 0 Å². The lowest BCUT2D eigenvalue weighted by Crippen LogP contribution is -2.22. The minimum absolute atomic E-state index is 0.126. The van der Waals surface area contributed by atoms with Gasteiger partial charge in [0.25, 0.3) is 0 Å². The predicted molar refractivity (Wildman–Crippen MR) is 82.1 cm³/mol. The zero-order valence-corrected chi connectivity index (χ0v) is 12.0. The van der Waals surface area contributed by atoms with Crippen LogP contribution in [0.15, 0.2) is 53.3 Å². The number of Topliss-reactive ketones (excluding diaryl/α,β-unsaturated/α-hetero) is 2. The van der Waals surface area contributed by atoms with Crippen molar-refractivity contribution in [2.24, 2.45) is 0 Å². The third kappa shape index (κ3) is 2.31. The minimum Gasteiger partial charge on any atom is -0.288 e. The van der Waals surface area contributed by atoms with Gasteiger partial charge in [-0.1, -0.05) is 36.0 Å². The van der Waals surface area contributed by atoms with Gasteiger partial charge in [0.05, 0.1) is 5.56 Å². The Balaban J connectivity index is 2.18. The Morgan fingerprint density at radius 1 is 1.10 bits per heavy atom. The van der Waals surface area contributed by atoms with Crippen LogP contribution in [0, 0.1) is 0 Å². The summed E-state index contributed by atoms with van der Waals surface area (Å²) in [4.78, 5) is 29.4. The Morgan fingerprint density at radius 2 is 1.76 bits per heavy atom. The molecule has 0 amide bonds. The van der Waals surface area contributed by atoms with Gasteiger partial charge >= 0.3 is 0 Å². The summed E-state index contributed by atoms with van der Waals surface area (Å²) in [7, 11) is 0. The fraction of sp³-hybridized carbons (Fsp3) is 0.167. The van der Waals surface area contributed by atoms with E-state index in [1.807, 2.05) is 32.1 Å². The molecule has 0 saturated heterocycles. The molecule has 0 atom stereocenters. The quantitative estimate of drug-likeness (QED) is 0.786. The summed E-state index contributed by atoms with van der Waals surface area (Å²) in [6.07, 6.45) is 11.5. The predicted octanol–water partition coefficient (Wildman–Crippen LogP) is 3.70. The van der Waals surface area contributed by atoms with Crippen LogP contribution in [0.25, 0.3) is 6.08 Å². The van der Waals surface area contributed by atoms with Crippen molar-refractivity contribution in [3.63, 3.8) is 0 Å². The normalized spacial score (nSPS) is 16.5. The number of pyridine rings is 1. The van der Waals surface area contributed by atoms with Crippen LogP contribution >= 0.6 is 0 Å². The molecule has 3 heteroatoms. The first-order chi connectivity index (χ1) is 10.1. The van der Waals surface area contributed by atoms with E-state index in [-0.39, 0.29) is 17.3 Å². The first-order valence-corrected chi connectivity index (χ1v) is 6.89. The number of hydrogen-bond acceptors (Lipinski definition) is 3. The Hall–Kier alpha value is -2.55. The number of nitrogens with zero attached hydrogens (tertiary/aromatic N) is 1. The van der Waals surface area contributed by atoms with Crippen molar-refractivity contribution in [2.45, 2.75) is 20.3 Å². The number of ketones is 2. The monoisotopic (exact) mass is 277 g/mol. The van der Waals surface area contributed by atoms with Crippen molar-refractivity contribution in [1.29, 1.82) is 0 Å². The van der Waals surface area contributed by atoms with E-state index in [0.29, 0.717) is 16.7 Å². The molecule has 21 heavy (non-hydrogen) atoms. The van der Waals surface area contributed by atoms with E-state index in [0.717, 1.165) is 17.6 Å². The summed E-state index contributed by atoms with van der Waals surface area (Å²) >= 11 is 0. The zero-order valence-electron chi connectivity index (χ0n) is 12.0. The molecule has 1 aromatic heterocycles. The van der Waals surface area contributed by atoms with Gasteiger partial charge in [-0.2, -0.15) is 0 Å². The summed E-state index contributed by atoms with van der Waals surface area (Å²) in [5.41, 5.74) is 3.52. The average Bonchev–Trinajstić information content (AvgIpc) is 2.70. The highest BCUT2D eigenvalue weighted by Crippen LogP contribution is 2.29. The topological polar surface area (TPSA) is 47.0 Å². The largest absolute Gasteiger partial charge is 0.288 e. The molecule has 0 bridgehead atoms. The van der Waals surface area contributed by atoms with E-state index in [2.05, 4.69) is 4.98 Å². The van der Waals surface area contributed by atoms with E-state index in [1.54, 1.807) is 24.4 Å². The van der Waals surface area contributed by atoms with E-state index >= 15 is 0 Å². The van der Waals surface area contributed by atoms with Gasteiger partial charge in [0.1, 0.15) is 5.69 Å². The van der Waals surface area contributed by atoms with Gasteiger partial charge < -0.3 is 0 Å². The number of allylic oxidation sites excluding steroid dienone is 7. The van der Waals surface area contributed by atoms with Crippen molar-refractivity contribution in [1.82, 2.24) is 4.98 Å². The van der Waals surface area contributed by atoms with E-state index < -0.39 is 0 Å². The highest BCUT2D eigenvalue weighted by atomic mass is 16.1. The molecule has 104 valence electrons. The lowest BCUT2D eigenvalue weighted by Gasteiger charge is -2.16. The average molecular weight is 277 g/mol. The van der Waals surface area contributed by atoms with Gasteiger partial charge in [-0.25, -0.2) is 0 Å². The highest BCUT2D eigenvalue weighted by Gasteiger charge is 2.31. The second-order valence-electron chi connectivity index (χ2n) is 5.41. The zero-order chi connectivity index (χ0) is 15.0. The third-order valence-electron chi connectivity index (χ3n) is 3.44. The van der Waals surface area contributed by atoms with E-state index in [4.69, 9.17) is 0 Å². The van der Waals surface area contributed by atoms with Gasteiger partial charge in [-0.05, 0) is 31.9 Å². The molecule has 0 spiro atoms. The molecule has 3 nitrogen and oxygen atoms in total. The number of aromatic nitrogens is 1. The van der Waals surface area contributed by atoms with Crippen LogP contribution in [0.1, 0.15) is 46.7 Å². The molecular formula is C18H15NO2. The molecule has 0 fully saturated rings. The maximum Gasteiger partial charge on any atom is 0.212 e. The second kappa shape index (κ2) is 5.09. The van der Waals surface area contributed by atoms with Gasteiger partial charge in [-0.3, -0.25) is 14.6 Å². The van der Waals surface area contributed by atoms with E-state index in [9.17, 15) is 9.59 Å². The van der Waals surface area contributed by atoms with Crippen molar-refractivity contribution in [3.8, 4) is 0 Å². The number of fused-ring (bicyclic) bond motifs is 1. The van der Waals surface area contributed by atoms with Crippen LogP contribution in [-0.4, -0.2) is 16.6 Å². The van der Waals surface area contributed by atoms with Gasteiger partial charge in [0.15, 0.2) is 5.78 Å². The SMILES string of the molecule is CC(C)=Cc1cnc2c(c1)C(=O)C1=C(C=CCC=C1)C2=O. The van der Waals surface area contributed by atoms with Crippen LogP contribution in [0.2, 0.25) is 0 Å². The first-order valence-electron chi connectivity index (χ1n) is 6.89. The van der Waals surface area contributed by atoms with Crippen molar-refractivity contribution >= 4 is 17.6 Å². The number of carbonyl (C=O) groups excluding carboxylic acids is 2. The molecule has 0 aromatic carbocycles. The molecule has 3 rings (SSSR count). The Morgan fingerprint density at radius 3 is 2.43 bits per heavy atom. The van der Waals surface area contributed by atoms with Crippen molar-refractivity contribution < 1.29 is 9.59 Å². The summed E-state index contributed by atoms with van der Waals surface area (Å²) in [6, 6.07) is 1.75. The minimum atomic E-state index is -0.175. The molecule has 0 radical (unpaired) electrons. The fourth-order valence-corrected chi connectivity index (χ4v) is 2.55. The van der Waals surface area contributed by atoms with Gasteiger partial charge in [0, 0.05) is 17.3 Å². The van der Waals surface area contributed by atoms with Crippen LogP contribution < -0.4 is 0 Å². The first kappa shape index (κ1) is 13.4. The molecule has 1 aromatic rings. The van der Waals surface area contributed by atoms with Crippen LogP contribution in [0.3, 0.4) is 0 Å². The maximum atomic E-state index is 12.6. The summed E-state index contributed by atoms with van der Waals surface area (Å²) in [5.74, 6) is -0.301. The molecule has 0 aliphatic heterocycles. The third-order valence-corrected chi connectivity index (χ3v) is 3.44. The van der Waals surface area contributed by atoms with Crippen molar-refractivity contribution in [2.75, 3.05) is 0 Å².